The Morgan fingerprint density at radius 3 is 2.76 bits per heavy atom. The fourth-order valence-electron chi connectivity index (χ4n) is 2.05. The van der Waals surface area contributed by atoms with Gasteiger partial charge in [0.05, 0.1) is 10.7 Å². The summed E-state index contributed by atoms with van der Waals surface area (Å²) in [6, 6.07) is 11.2. The SMILES string of the molecule is Cc1ccc(N)cc1-c1nnnn1-c1ccc(Br)cc1Cl. The Labute approximate surface area is 134 Å². The third kappa shape index (κ3) is 2.64. The van der Waals surface area contributed by atoms with E-state index in [9.17, 15) is 0 Å². The molecule has 0 amide bonds. The zero-order valence-corrected chi connectivity index (χ0v) is 13.4. The lowest BCUT2D eigenvalue weighted by atomic mass is 10.1. The van der Waals surface area contributed by atoms with Crippen molar-refractivity contribution in [1.82, 2.24) is 20.2 Å². The Kier molecular flexibility index (Phi) is 3.65. The number of anilines is 1. The van der Waals surface area contributed by atoms with Gasteiger partial charge >= 0.3 is 0 Å². The van der Waals surface area contributed by atoms with Gasteiger partial charge in [0.2, 0.25) is 0 Å². The number of nitrogen functional groups attached to an aromatic ring is 1. The molecule has 0 radical (unpaired) electrons. The Morgan fingerprint density at radius 1 is 1.19 bits per heavy atom. The van der Waals surface area contributed by atoms with Crippen molar-refractivity contribution in [1.29, 1.82) is 0 Å². The van der Waals surface area contributed by atoms with E-state index in [-0.39, 0.29) is 0 Å². The smallest absolute Gasteiger partial charge is 0.187 e. The first kappa shape index (κ1) is 14.0. The number of rotatable bonds is 2. The first-order valence-corrected chi connectivity index (χ1v) is 7.33. The number of benzene rings is 2. The average Bonchev–Trinajstić information content (AvgIpc) is 2.90. The Bertz CT molecular complexity index is 815. The monoisotopic (exact) mass is 363 g/mol. The molecule has 1 aromatic heterocycles. The minimum absolute atomic E-state index is 0.555. The number of aromatic nitrogens is 4. The molecule has 0 atom stereocenters. The van der Waals surface area contributed by atoms with Crippen molar-refractivity contribution in [2.24, 2.45) is 0 Å². The number of hydrogen-bond acceptors (Lipinski definition) is 4. The molecule has 0 saturated heterocycles. The fourth-order valence-corrected chi connectivity index (χ4v) is 2.80. The number of hydrogen-bond donors (Lipinski definition) is 1. The average molecular weight is 365 g/mol. The molecule has 0 unspecified atom stereocenters. The van der Waals surface area contributed by atoms with Gasteiger partial charge in [-0.2, -0.15) is 4.68 Å². The number of nitrogens with zero attached hydrogens (tertiary/aromatic N) is 4. The van der Waals surface area contributed by atoms with Crippen LogP contribution in [0.5, 0.6) is 0 Å². The molecule has 3 rings (SSSR count). The van der Waals surface area contributed by atoms with E-state index in [4.69, 9.17) is 17.3 Å². The highest BCUT2D eigenvalue weighted by atomic mass is 79.9. The molecule has 0 aliphatic heterocycles. The van der Waals surface area contributed by atoms with E-state index < -0.39 is 0 Å². The highest BCUT2D eigenvalue weighted by Crippen LogP contribution is 2.29. The van der Waals surface area contributed by atoms with Crippen LogP contribution in [0.1, 0.15) is 5.56 Å². The molecule has 0 aliphatic rings. The van der Waals surface area contributed by atoms with Crippen LogP contribution >= 0.6 is 27.5 Å². The fraction of sp³-hybridized carbons (Fsp3) is 0.0714. The molecule has 0 saturated carbocycles. The van der Waals surface area contributed by atoms with Gasteiger partial charge in [-0.1, -0.05) is 33.6 Å². The molecule has 106 valence electrons. The first-order valence-electron chi connectivity index (χ1n) is 6.16. The molecule has 0 spiro atoms. The third-order valence-electron chi connectivity index (χ3n) is 3.11. The van der Waals surface area contributed by atoms with Crippen LogP contribution in [0.3, 0.4) is 0 Å². The third-order valence-corrected chi connectivity index (χ3v) is 3.91. The van der Waals surface area contributed by atoms with Crippen molar-refractivity contribution in [3.05, 3.63) is 51.5 Å². The summed E-state index contributed by atoms with van der Waals surface area (Å²) in [6.45, 7) is 1.98. The van der Waals surface area contributed by atoms with Crippen LogP contribution in [0.2, 0.25) is 5.02 Å². The lowest BCUT2D eigenvalue weighted by molar-refractivity contribution is 0.791. The molecule has 5 nitrogen and oxygen atoms in total. The highest BCUT2D eigenvalue weighted by Gasteiger charge is 2.15. The molecule has 1 heterocycles. The van der Waals surface area contributed by atoms with Crippen molar-refractivity contribution in [3.8, 4) is 17.1 Å². The van der Waals surface area contributed by atoms with Gasteiger partial charge in [0, 0.05) is 15.7 Å². The second kappa shape index (κ2) is 5.46. The second-order valence-electron chi connectivity index (χ2n) is 4.58. The molecule has 0 fully saturated rings. The topological polar surface area (TPSA) is 69.6 Å². The van der Waals surface area contributed by atoms with Gasteiger partial charge in [-0.05, 0) is 53.2 Å². The van der Waals surface area contributed by atoms with Crippen LogP contribution in [-0.2, 0) is 0 Å². The number of nitrogens with two attached hydrogens (primary N) is 1. The maximum Gasteiger partial charge on any atom is 0.187 e. The molecular formula is C14H11BrClN5. The molecule has 21 heavy (non-hydrogen) atoms. The number of halogens is 2. The normalized spacial score (nSPS) is 10.8. The summed E-state index contributed by atoms with van der Waals surface area (Å²) in [6.07, 6.45) is 0. The van der Waals surface area contributed by atoms with E-state index in [2.05, 4.69) is 31.5 Å². The minimum Gasteiger partial charge on any atom is -0.399 e. The van der Waals surface area contributed by atoms with Crippen LogP contribution in [0.15, 0.2) is 40.9 Å². The predicted molar refractivity (Wildman–Crippen MR) is 86.4 cm³/mol. The summed E-state index contributed by atoms with van der Waals surface area (Å²) in [5.41, 5.74) is 9.14. The van der Waals surface area contributed by atoms with Crippen molar-refractivity contribution < 1.29 is 0 Å². The quantitative estimate of drug-likeness (QED) is 0.705. The summed E-state index contributed by atoms with van der Waals surface area (Å²) in [5, 5.41) is 12.5. The summed E-state index contributed by atoms with van der Waals surface area (Å²) in [5.74, 6) is 0.601. The van der Waals surface area contributed by atoms with E-state index in [1.807, 2.05) is 37.3 Å². The molecule has 3 aromatic rings. The largest absolute Gasteiger partial charge is 0.399 e. The predicted octanol–water partition coefficient (Wildman–Crippen LogP) is 3.64. The lowest BCUT2D eigenvalue weighted by Gasteiger charge is -2.09. The van der Waals surface area contributed by atoms with Gasteiger partial charge < -0.3 is 5.73 Å². The van der Waals surface area contributed by atoms with Crippen LogP contribution < -0.4 is 5.73 Å². The molecule has 2 N–H and O–H groups in total. The van der Waals surface area contributed by atoms with Gasteiger partial charge in [-0.15, -0.1) is 5.10 Å². The lowest BCUT2D eigenvalue weighted by Crippen LogP contribution is -2.02. The highest BCUT2D eigenvalue weighted by molar-refractivity contribution is 9.10. The summed E-state index contributed by atoms with van der Waals surface area (Å²) in [7, 11) is 0. The second-order valence-corrected chi connectivity index (χ2v) is 5.91. The summed E-state index contributed by atoms with van der Waals surface area (Å²) >= 11 is 9.66. The summed E-state index contributed by atoms with van der Waals surface area (Å²) in [4.78, 5) is 0. The molecular weight excluding hydrogens is 354 g/mol. The standard InChI is InChI=1S/C14H11BrClN5/c1-8-2-4-10(17)7-11(8)14-18-19-20-21(14)13-5-3-9(15)6-12(13)16/h2-7H,17H2,1H3. The van der Waals surface area contributed by atoms with Crippen molar-refractivity contribution in [3.63, 3.8) is 0 Å². The maximum absolute atomic E-state index is 6.28. The van der Waals surface area contributed by atoms with Gasteiger partial charge in [0.25, 0.3) is 0 Å². The number of aryl methyl sites for hydroxylation is 1. The van der Waals surface area contributed by atoms with Crippen molar-refractivity contribution >= 4 is 33.2 Å². The molecule has 0 aliphatic carbocycles. The Hall–Kier alpha value is -1.92. The maximum atomic E-state index is 6.28. The van der Waals surface area contributed by atoms with E-state index >= 15 is 0 Å². The van der Waals surface area contributed by atoms with Gasteiger partial charge in [0.1, 0.15) is 0 Å². The van der Waals surface area contributed by atoms with E-state index in [1.54, 1.807) is 10.7 Å². The van der Waals surface area contributed by atoms with E-state index in [1.165, 1.54) is 0 Å². The van der Waals surface area contributed by atoms with Gasteiger partial charge in [0.15, 0.2) is 5.82 Å². The Balaban J connectivity index is 2.19. The van der Waals surface area contributed by atoms with Crippen LogP contribution in [-0.4, -0.2) is 20.2 Å². The molecule has 0 bridgehead atoms. The molecule has 7 heteroatoms. The van der Waals surface area contributed by atoms with Crippen LogP contribution in [0.4, 0.5) is 5.69 Å². The minimum atomic E-state index is 0.555. The van der Waals surface area contributed by atoms with Crippen LogP contribution in [0, 0.1) is 6.92 Å². The van der Waals surface area contributed by atoms with E-state index in [0.717, 1.165) is 15.6 Å². The Morgan fingerprint density at radius 2 is 2.00 bits per heavy atom. The zero-order valence-electron chi connectivity index (χ0n) is 11.1. The van der Waals surface area contributed by atoms with Crippen molar-refractivity contribution in [2.75, 3.05) is 5.73 Å². The number of tetrazole rings is 1. The van der Waals surface area contributed by atoms with Crippen LogP contribution in [0.25, 0.3) is 17.1 Å². The zero-order chi connectivity index (χ0) is 15.0. The van der Waals surface area contributed by atoms with Gasteiger partial charge in [-0.25, -0.2) is 0 Å². The van der Waals surface area contributed by atoms with E-state index in [0.29, 0.717) is 22.2 Å². The first-order chi connectivity index (χ1) is 10.1. The molecule has 2 aromatic carbocycles. The summed E-state index contributed by atoms with van der Waals surface area (Å²) < 4.78 is 2.50. The van der Waals surface area contributed by atoms with Gasteiger partial charge in [-0.3, -0.25) is 0 Å². The van der Waals surface area contributed by atoms with Crippen molar-refractivity contribution in [2.45, 2.75) is 6.92 Å².